The van der Waals surface area contributed by atoms with E-state index in [0.29, 0.717) is 43.7 Å². The average molecular weight is 620 g/mol. The van der Waals surface area contributed by atoms with Gasteiger partial charge in [0.1, 0.15) is 12.4 Å². The minimum absolute atomic E-state index is 0.182. The summed E-state index contributed by atoms with van der Waals surface area (Å²) < 4.78 is 11.9. The van der Waals surface area contributed by atoms with Crippen molar-refractivity contribution >= 4 is 79.7 Å². The molecule has 3 aromatic rings. The quantitative estimate of drug-likeness (QED) is 0.200. The largest absolute Gasteiger partial charge is 0.488 e. The monoisotopic (exact) mass is 618 g/mol. The Morgan fingerprint density at radius 2 is 1.86 bits per heavy atom. The Hall–Kier alpha value is -2.78. The van der Waals surface area contributed by atoms with E-state index in [1.165, 1.54) is 16.7 Å². The van der Waals surface area contributed by atoms with Crippen LogP contribution in [0.3, 0.4) is 0 Å². The molecule has 0 spiro atoms. The van der Waals surface area contributed by atoms with Gasteiger partial charge in [-0.2, -0.15) is 0 Å². The molecule has 1 aliphatic rings. The molecule has 1 amide bonds. The minimum atomic E-state index is -0.389. The number of halogens is 3. The van der Waals surface area contributed by atoms with Crippen molar-refractivity contribution in [3.8, 4) is 5.75 Å². The molecule has 6 nitrogen and oxygen atoms in total. The van der Waals surface area contributed by atoms with E-state index in [0.717, 1.165) is 15.6 Å². The summed E-state index contributed by atoms with van der Waals surface area (Å²) in [4.78, 5) is 31.4. The normalized spacial score (nSPS) is 15.5. The number of nitrogens with zero attached hydrogens (tertiary/aromatic N) is 2. The number of carbonyl (C=O) groups excluding carboxylic acids is 2. The highest BCUT2D eigenvalue weighted by atomic mass is 79.9. The van der Waals surface area contributed by atoms with Crippen LogP contribution in [-0.4, -0.2) is 35.6 Å². The summed E-state index contributed by atoms with van der Waals surface area (Å²) in [5.74, 6) is 0.0242. The lowest BCUT2D eigenvalue weighted by molar-refractivity contribution is -0.121. The summed E-state index contributed by atoms with van der Waals surface area (Å²) >= 11 is 17.0. The first-order valence-electron chi connectivity index (χ1n) is 11.1. The van der Waals surface area contributed by atoms with E-state index in [1.54, 1.807) is 56.4 Å². The van der Waals surface area contributed by atoms with Crippen molar-refractivity contribution in [1.29, 1.82) is 0 Å². The number of hydrogen-bond donors (Lipinski definition) is 0. The van der Waals surface area contributed by atoms with E-state index in [-0.39, 0.29) is 18.5 Å². The fraction of sp³-hybridized carbons (Fsp3) is 0.148. The second-order valence-corrected chi connectivity index (χ2v) is 10.6. The molecule has 1 heterocycles. The highest BCUT2D eigenvalue weighted by molar-refractivity contribution is 9.10. The van der Waals surface area contributed by atoms with Gasteiger partial charge in [-0.05, 0) is 79.4 Å². The molecule has 10 heteroatoms. The van der Waals surface area contributed by atoms with E-state index in [9.17, 15) is 9.59 Å². The highest BCUT2D eigenvalue weighted by Gasteiger charge is 2.30. The Balaban J connectivity index is 1.55. The van der Waals surface area contributed by atoms with Crippen molar-refractivity contribution in [2.75, 3.05) is 13.7 Å². The van der Waals surface area contributed by atoms with Gasteiger partial charge in [0.25, 0.3) is 5.91 Å². The molecule has 1 saturated heterocycles. The molecule has 0 radical (unpaired) electrons. The van der Waals surface area contributed by atoms with Crippen molar-refractivity contribution in [3.05, 3.63) is 96.8 Å². The number of amidine groups is 1. The number of thioether (sulfide) groups is 1. The van der Waals surface area contributed by atoms with E-state index in [1.807, 2.05) is 24.3 Å². The molecule has 0 aliphatic carbocycles. The highest BCUT2D eigenvalue weighted by Crippen LogP contribution is 2.36. The van der Waals surface area contributed by atoms with Gasteiger partial charge < -0.3 is 9.47 Å². The van der Waals surface area contributed by atoms with Gasteiger partial charge in [-0.3, -0.25) is 9.69 Å². The molecular weight excluding hydrogens is 599 g/mol. The van der Waals surface area contributed by atoms with E-state index >= 15 is 0 Å². The molecule has 1 aliphatic heterocycles. The second kappa shape index (κ2) is 12.2. The van der Waals surface area contributed by atoms with Crippen LogP contribution in [-0.2, 0) is 16.1 Å². The number of carbonyl (C=O) groups is 2. The number of aliphatic imine (C=N–C) groups is 1. The van der Waals surface area contributed by atoms with Crippen LogP contribution in [0.25, 0.3) is 6.08 Å². The summed E-state index contributed by atoms with van der Waals surface area (Å²) in [7, 11) is 1.67. The van der Waals surface area contributed by atoms with Crippen LogP contribution < -0.4 is 4.74 Å². The van der Waals surface area contributed by atoms with Crippen molar-refractivity contribution < 1.29 is 19.1 Å². The number of amides is 1. The van der Waals surface area contributed by atoms with Gasteiger partial charge in [-0.25, -0.2) is 9.79 Å². The van der Waals surface area contributed by atoms with E-state index < -0.39 is 0 Å². The summed E-state index contributed by atoms with van der Waals surface area (Å²) in [6, 6.07) is 17.5. The SMILES string of the molecule is CCOC(=O)c1ccc(N=C2S/C(=C\c3cc(Br)ccc3OCc3ccc(Cl)cc3Cl)C(=O)N2C)cc1. The second-order valence-electron chi connectivity index (χ2n) is 7.84. The standard InChI is InChI=1S/C27H21BrCl2N2O4S/c1-3-35-26(34)16-5-9-21(10-6-16)31-27-32(2)25(33)24(37-27)13-18-12-19(28)7-11-23(18)36-15-17-4-8-20(29)14-22(17)30/h4-14H,3,15H2,1-2H3/b24-13-,31-27?. The number of likely N-dealkylation sites (N-methyl/N-ethyl adjacent to an activating group) is 1. The molecule has 0 atom stereocenters. The molecular formula is C27H21BrCl2N2O4S. The first-order chi connectivity index (χ1) is 17.7. The zero-order valence-corrected chi connectivity index (χ0v) is 23.7. The third kappa shape index (κ3) is 6.76. The van der Waals surface area contributed by atoms with Crippen molar-refractivity contribution in [1.82, 2.24) is 4.90 Å². The van der Waals surface area contributed by atoms with Gasteiger partial charge in [0.15, 0.2) is 5.17 Å². The molecule has 0 N–H and O–H groups in total. The van der Waals surface area contributed by atoms with Crippen molar-refractivity contribution in [2.45, 2.75) is 13.5 Å². The van der Waals surface area contributed by atoms with Gasteiger partial charge in [0, 0.05) is 32.7 Å². The van der Waals surface area contributed by atoms with Crippen LogP contribution in [0.4, 0.5) is 5.69 Å². The first kappa shape index (κ1) is 27.3. The molecule has 0 bridgehead atoms. The van der Waals surface area contributed by atoms with Crippen LogP contribution in [0.2, 0.25) is 10.0 Å². The summed E-state index contributed by atoms with van der Waals surface area (Å²) in [5.41, 5.74) is 2.57. The predicted octanol–water partition coefficient (Wildman–Crippen LogP) is 7.75. The zero-order chi connectivity index (χ0) is 26.5. The molecule has 1 fully saturated rings. The predicted molar refractivity (Wildman–Crippen MR) is 153 cm³/mol. The van der Waals surface area contributed by atoms with Gasteiger partial charge in [-0.1, -0.05) is 45.2 Å². The Bertz CT molecular complexity index is 1410. The number of ether oxygens (including phenoxy) is 2. The molecule has 0 unspecified atom stereocenters. The maximum Gasteiger partial charge on any atom is 0.338 e. The van der Waals surface area contributed by atoms with Crippen molar-refractivity contribution in [3.63, 3.8) is 0 Å². The maximum atomic E-state index is 13.0. The molecule has 0 aromatic heterocycles. The lowest BCUT2D eigenvalue weighted by atomic mass is 10.1. The zero-order valence-electron chi connectivity index (χ0n) is 19.8. The van der Waals surface area contributed by atoms with Crippen LogP contribution in [0.5, 0.6) is 5.75 Å². The van der Waals surface area contributed by atoms with Gasteiger partial charge in [-0.15, -0.1) is 0 Å². The first-order valence-corrected chi connectivity index (χ1v) is 13.5. The van der Waals surface area contributed by atoms with Crippen LogP contribution in [0, 0.1) is 0 Å². The van der Waals surface area contributed by atoms with Crippen LogP contribution in [0.15, 0.2) is 75.0 Å². The fourth-order valence-electron chi connectivity index (χ4n) is 3.35. The summed E-state index contributed by atoms with van der Waals surface area (Å²) in [5, 5.41) is 1.59. The van der Waals surface area contributed by atoms with Crippen LogP contribution >= 0.6 is 50.9 Å². The Labute approximate surface area is 237 Å². The minimum Gasteiger partial charge on any atom is -0.488 e. The number of benzene rings is 3. The number of rotatable bonds is 7. The molecule has 0 saturated carbocycles. The average Bonchev–Trinajstić information content (AvgIpc) is 3.12. The molecule has 3 aromatic carbocycles. The maximum absolute atomic E-state index is 13.0. The van der Waals surface area contributed by atoms with E-state index in [4.69, 9.17) is 32.7 Å². The Kier molecular flexibility index (Phi) is 8.97. The molecule has 190 valence electrons. The van der Waals surface area contributed by atoms with Gasteiger partial charge in [0.2, 0.25) is 0 Å². The van der Waals surface area contributed by atoms with Gasteiger partial charge in [0.05, 0.1) is 22.8 Å². The fourth-order valence-corrected chi connectivity index (χ4v) is 5.17. The lowest BCUT2D eigenvalue weighted by Crippen LogP contribution is -2.23. The van der Waals surface area contributed by atoms with E-state index in [2.05, 4.69) is 20.9 Å². The summed E-state index contributed by atoms with van der Waals surface area (Å²) in [6.45, 7) is 2.30. The Morgan fingerprint density at radius 3 is 2.57 bits per heavy atom. The molecule has 4 rings (SSSR count). The number of esters is 1. The third-order valence-electron chi connectivity index (χ3n) is 5.26. The topological polar surface area (TPSA) is 68.2 Å². The smallest absolute Gasteiger partial charge is 0.338 e. The van der Waals surface area contributed by atoms with Crippen LogP contribution in [0.1, 0.15) is 28.4 Å². The third-order valence-corrected chi connectivity index (χ3v) is 7.40. The Morgan fingerprint density at radius 1 is 1.11 bits per heavy atom. The summed E-state index contributed by atoms with van der Waals surface area (Å²) in [6.07, 6.45) is 1.78. The lowest BCUT2D eigenvalue weighted by Gasteiger charge is -2.11. The van der Waals surface area contributed by atoms with Crippen molar-refractivity contribution in [2.24, 2.45) is 4.99 Å². The van der Waals surface area contributed by atoms with Gasteiger partial charge >= 0.3 is 5.97 Å². The number of hydrogen-bond acceptors (Lipinski definition) is 6. The molecule has 37 heavy (non-hydrogen) atoms.